The molecule has 0 bridgehead atoms. The second-order valence-electron chi connectivity index (χ2n) is 6.42. The number of anilines is 2. The zero-order valence-electron chi connectivity index (χ0n) is 14.6. The summed E-state index contributed by atoms with van der Waals surface area (Å²) in [6.07, 6.45) is 0. The molecule has 1 saturated heterocycles. The number of hydrogen-bond donors (Lipinski definition) is 2. The lowest BCUT2D eigenvalue weighted by molar-refractivity contribution is -0.129. The van der Waals surface area contributed by atoms with Gasteiger partial charge in [0, 0.05) is 48.6 Å². The maximum Gasteiger partial charge on any atom is 0.417 e. The van der Waals surface area contributed by atoms with Crippen LogP contribution in [0.25, 0.3) is 11.1 Å². The fourth-order valence-electron chi connectivity index (χ4n) is 3.21. The van der Waals surface area contributed by atoms with Crippen LogP contribution in [0.15, 0.2) is 51.7 Å². The molecule has 2 aromatic carbocycles. The first-order chi connectivity index (χ1) is 13.1. The quantitative estimate of drug-likeness (QED) is 0.720. The van der Waals surface area contributed by atoms with Crippen molar-refractivity contribution in [1.29, 1.82) is 0 Å². The Bertz CT molecular complexity index is 1000. The Morgan fingerprint density at radius 2 is 1.85 bits per heavy atom. The smallest absolute Gasteiger partial charge is 0.408 e. The van der Waals surface area contributed by atoms with Crippen LogP contribution >= 0.6 is 11.6 Å². The molecule has 2 N–H and O–H groups in total. The standard InChI is InChI=1S/C19H19ClN4O3/c20-13-1-4-15(5-2-13)23-7-9-24(10-8-23)18(25)12-21-14-3-6-16-17(11-14)27-19(26)22-16/h1-6,11,21H,7-10,12H2,(H,22,26). The summed E-state index contributed by atoms with van der Waals surface area (Å²) in [5, 5.41) is 3.82. The highest BCUT2D eigenvalue weighted by Gasteiger charge is 2.21. The van der Waals surface area contributed by atoms with Gasteiger partial charge in [-0.2, -0.15) is 0 Å². The molecule has 1 aliphatic heterocycles. The molecule has 140 valence electrons. The molecule has 0 radical (unpaired) electrons. The summed E-state index contributed by atoms with van der Waals surface area (Å²) >= 11 is 5.93. The molecule has 2 heterocycles. The van der Waals surface area contributed by atoms with Crippen LogP contribution < -0.4 is 16.0 Å². The summed E-state index contributed by atoms with van der Waals surface area (Å²) in [6, 6.07) is 13.0. The van der Waals surface area contributed by atoms with E-state index in [0.717, 1.165) is 29.5 Å². The maximum atomic E-state index is 12.5. The topological polar surface area (TPSA) is 81.6 Å². The molecule has 0 atom stereocenters. The lowest BCUT2D eigenvalue weighted by Crippen LogP contribution is -2.50. The van der Waals surface area contributed by atoms with E-state index in [1.807, 2.05) is 29.2 Å². The highest BCUT2D eigenvalue weighted by Crippen LogP contribution is 2.20. The lowest BCUT2D eigenvalue weighted by atomic mass is 10.2. The third-order valence-corrected chi connectivity index (χ3v) is 4.94. The van der Waals surface area contributed by atoms with E-state index in [1.54, 1.807) is 18.2 Å². The van der Waals surface area contributed by atoms with Gasteiger partial charge in [-0.1, -0.05) is 11.6 Å². The zero-order valence-corrected chi connectivity index (χ0v) is 15.3. The largest absolute Gasteiger partial charge is 0.417 e. The van der Waals surface area contributed by atoms with Crippen molar-refractivity contribution in [2.24, 2.45) is 0 Å². The van der Waals surface area contributed by atoms with Gasteiger partial charge in [-0.15, -0.1) is 0 Å². The Kier molecular flexibility index (Phi) is 4.77. The molecule has 8 heteroatoms. The summed E-state index contributed by atoms with van der Waals surface area (Å²) in [6.45, 7) is 3.12. The molecule has 1 aromatic heterocycles. The molecule has 0 spiro atoms. The lowest BCUT2D eigenvalue weighted by Gasteiger charge is -2.36. The number of hydrogen-bond acceptors (Lipinski definition) is 5. The fourth-order valence-corrected chi connectivity index (χ4v) is 3.34. The summed E-state index contributed by atoms with van der Waals surface area (Å²) in [5.41, 5.74) is 2.95. The summed E-state index contributed by atoms with van der Waals surface area (Å²) in [5.74, 6) is -0.446. The molecule has 1 fully saturated rings. The van der Waals surface area contributed by atoms with Crippen LogP contribution in [0.2, 0.25) is 5.02 Å². The van der Waals surface area contributed by atoms with E-state index in [1.165, 1.54) is 0 Å². The molecule has 27 heavy (non-hydrogen) atoms. The van der Waals surface area contributed by atoms with E-state index in [9.17, 15) is 9.59 Å². The molecule has 0 unspecified atom stereocenters. The number of carbonyl (C=O) groups is 1. The summed E-state index contributed by atoms with van der Waals surface area (Å²) < 4.78 is 5.03. The Morgan fingerprint density at radius 3 is 2.59 bits per heavy atom. The van der Waals surface area contributed by atoms with Crippen molar-refractivity contribution in [3.05, 3.63) is 58.0 Å². The van der Waals surface area contributed by atoms with E-state index < -0.39 is 5.76 Å². The van der Waals surface area contributed by atoms with Crippen molar-refractivity contribution in [2.45, 2.75) is 0 Å². The van der Waals surface area contributed by atoms with Gasteiger partial charge >= 0.3 is 5.76 Å². The highest BCUT2D eigenvalue weighted by atomic mass is 35.5. The number of piperazine rings is 1. The number of fused-ring (bicyclic) bond motifs is 1. The van der Waals surface area contributed by atoms with Gasteiger partial charge in [0.05, 0.1) is 12.1 Å². The van der Waals surface area contributed by atoms with Crippen LogP contribution in [0.5, 0.6) is 0 Å². The van der Waals surface area contributed by atoms with E-state index in [2.05, 4.69) is 15.2 Å². The van der Waals surface area contributed by atoms with Crippen molar-refractivity contribution >= 4 is 40.0 Å². The molecule has 1 aliphatic rings. The van der Waals surface area contributed by atoms with Crippen LogP contribution in [-0.2, 0) is 4.79 Å². The van der Waals surface area contributed by atoms with Gasteiger partial charge < -0.3 is 19.5 Å². The van der Waals surface area contributed by atoms with E-state index >= 15 is 0 Å². The number of oxazole rings is 1. The Hall–Kier alpha value is -2.93. The molecule has 7 nitrogen and oxygen atoms in total. The van der Waals surface area contributed by atoms with Crippen LogP contribution in [0.4, 0.5) is 11.4 Å². The number of benzene rings is 2. The van der Waals surface area contributed by atoms with Crippen LogP contribution in [-0.4, -0.2) is 48.5 Å². The van der Waals surface area contributed by atoms with Gasteiger partial charge in [0.2, 0.25) is 5.91 Å². The van der Waals surface area contributed by atoms with Gasteiger partial charge in [0.1, 0.15) is 0 Å². The Morgan fingerprint density at radius 1 is 1.11 bits per heavy atom. The number of H-pyrrole nitrogens is 1. The van der Waals surface area contributed by atoms with Crippen LogP contribution in [0.1, 0.15) is 0 Å². The third kappa shape index (κ3) is 3.93. The second-order valence-corrected chi connectivity index (χ2v) is 6.86. The molecular formula is C19H19ClN4O3. The highest BCUT2D eigenvalue weighted by molar-refractivity contribution is 6.30. The number of carbonyl (C=O) groups excluding carboxylic acids is 1. The van der Waals surface area contributed by atoms with Crippen LogP contribution in [0, 0.1) is 0 Å². The first-order valence-electron chi connectivity index (χ1n) is 8.73. The van der Waals surface area contributed by atoms with Crippen molar-refractivity contribution in [1.82, 2.24) is 9.88 Å². The number of halogens is 1. The fraction of sp³-hybridized carbons (Fsp3) is 0.263. The predicted octanol–water partition coefficient (Wildman–Crippen LogP) is 2.54. The summed E-state index contributed by atoms with van der Waals surface area (Å²) in [4.78, 5) is 30.4. The normalized spacial score (nSPS) is 14.6. The molecule has 1 amide bonds. The SMILES string of the molecule is O=C(CNc1ccc2[nH]c(=O)oc2c1)N1CCN(c2ccc(Cl)cc2)CC1. The second kappa shape index (κ2) is 7.36. The monoisotopic (exact) mass is 386 g/mol. The first-order valence-corrected chi connectivity index (χ1v) is 9.11. The van der Waals surface area contributed by atoms with Gasteiger partial charge in [0.15, 0.2) is 5.58 Å². The maximum absolute atomic E-state index is 12.5. The van der Waals surface area contributed by atoms with Gasteiger partial charge in [-0.25, -0.2) is 4.79 Å². The zero-order chi connectivity index (χ0) is 18.8. The van der Waals surface area contributed by atoms with Gasteiger partial charge in [-0.3, -0.25) is 9.78 Å². The molecule has 3 aromatic rings. The number of rotatable bonds is 4. The third-order valence-electron chi connectivity index (χ3n) is 4.69. The Labute approximate surface area is 160 Å². The number of nitrogens with one attached hydrogen (secondary N) is 2. The van der Waals surface area contributed by atoms with E-state index in [-0.39, 0.29) is 12.5 Å². The van der Waals surface area contributed by atoms with Gasteiger partial charge in [0.25, 0.3) is 0 Å². The van der Waals surface area contributed by atoms with Crippen molar-refractivity contribution in [3.8, 4) is 0 Å². The Balaban J connectivity index is 1.31. The van der Waals surface area contributed by atoms with E-state index in [0.29, 0.717) is 24.2 Å². The van der Waals surface area contributed by atoms with Crippen molar-refractivity contribution in [3.63, 3.8) is 0 Å². The van der Waals surface area contributed by atoms with Gasteiger partial charge in [-0.05, 0) is 36.4 Å². The molecule has 0 saturated carbocycles. The minimum absolute atomic E-state index is 0.0429. The molecule has 4 rings (SSSR count). The molecule has 0 aliphatic carbocycles. The minimum Gasteiger partial charge on any atom is -0.408 e. The first kappa shape index (κ1) is 17.5. The van der Waals surface area contributed by atoms with E-state index in [4.69, 9.17) is 16.0 Å². The van der Waals surface area contributed by atoms with Crippen molar-refractivity contribution < 1.29 is 9.21 Å². The number of aromatic amines is 1. The average molecular weight is 387 g/mol. The van der Waals surface area contributed by atoms with Crippen molar-refractivity contribution in [2.75, 3.05) is 42.9 Å². The predicted molar refractivity (Wildman–Crippen MR) is 106 cm³/mol. The average Bonchev–Trinajstić information content (AvgIpc) is 3.06. The number of amides is 1. The summed E-state index contributed by atoms with van der Waals surface area (Å²) in [7, 11) is 0. The number of aromatic nitrogens is 1. The minimum atomic E-state index is -0.489. The van der Waals surface area contributed by atoms with Crippen LogP contribution in [0.3, 0.4) is 0 Å². The molecular weight excluding hydrogens is 368 g/mol. The number of nitrogens with zero attached hydrogens (tertiary/aromatic N) is 2.